The van der Waals surface area contributed by atoms with Gasteiger partial charge in [0.05, 0.1) is 5.56 Å². The Morgan fingerprint density at radius 3 is 2.57 bits per heavy atom. The van der Waals surface area contributed by atoms with Crippen molar-refractivity contribution in [2.45, 2.75) is 6.61 Å². The number of allylic oxidation sites excluding steroid dienone is 3. The van der Waals surface area contributed by atoms with Gasteiger partial charge in [-0.1, -0.05) is 72.3 Å². The third kappa shape index (κ3) is 4.00. The first kappa shape index (κ1) is 18.1. The first-order chi connectivity index (χ1) is 13.7. The van der Waals surface area contributed by atoms with Gasteiger partial charge in [0, 0.05) is 16.7 Å². The number of ether oxygens (including phenoxy) is 2. The zero-order chi connectivity index (χ0) is 19.3. The molecule has 3 aromatic carbocycles. The summed E-state index contributed by atoms with van der Waals surface area (Å²) >= 11 is 6.15. The Morgan fingerprint density at radius 1 is 0.964 bits per heavy atom. The van der Waals surface area contributed by atoms with Crippen LogP contribution in [0.3, 0.4) is 0 Å². The fourth-order valence-electron chi connectivity index (χ4n) is 2.86. The van der Waals surface area contributed by atoms with Gasteiger partial charge in [-0.25, -0.2) is 0 Å². The number of carbonyl (C=O) groups excluding carboxylic acids is 1. The molecule has 1 heterocycles. The molecule has 28 heavy (non-hydrogen) atoms. The minimum Gasteiger partial charge on any atom is -0.489 e. The number of hydrogen-bond acceptors (Lipinski definition) is 3. The van der Waals surface area contributed by atoms with Crippen molar-refractivity contribution in [1.29, 1.82) is 0 Å². The molecule has 1 aliphatic heterocycles. The molecule has 138 valence electrons. The molecule has 0 atom stereocenters. The summed E-state index contributed by atoms with van der Waals surface area (Å²) in [5.41, 5.74) is 2.48. The number of carbonyl (C=O) groups is 1. The van der Waals surface area contributed by atoms with Crippen molar-refractivity contribution < 1.29 is 14.3 Å². The summed E-state index contributed by atoms with van der Waals surface area (Å²) in [6, 6.07) is 22.6. The number of halogens is 1. The van der Waals surface area contributed by atoms with Crippen LogP contribution in [0.1, 0.15) is 21.5 Å². The molecule has 0 amide bonds. The van der Waals surface area contributed by atoms with Gasteiger partial charge in [0.2, 0.25) is 5.78 Å². The molecule has 1 aliphatic rings. The largest absolute Gasteiger partial charge is 0.489 e. The molecule has 0 spiro atoms. The van der Waals surface area contributed by atoms with E-state index in [9.17, 15) is 4.79 Å². The fraction of sp³-hybridized carbons (Fsp3) is 0.0417. The number of ketones is 1. The van der Waals surface area contributed by atoms with Crippen LogP contribution in [0.5, 0.6) is 11.5 Å². The molecule has 0 saturated heterocycles. The highest BCUT2D eigenvalue weighted by Crippen LogP contribution is 2.34. The van der Waals surface area contributed by atoms with Gasteiger partial charge in [0.15, 0.2) is 5.76 Å². The molecule has 0 saturated carbocycles. The second-order valence-electron chi connectivity index (χ2n) is 6.27. The molecule has 3 nitrogen and oxygen atoms in total. The van der Waals surface area contributed by atoms with Crippen molar-refractivity contribution in [3.05, 3.63) is 112 Å². The minimum absolute atomic E-state index is 0.134. The van der Waals surface area contributed by atoms with Gasteiger partial charge in [0.1, 0.15) is 18.1 Å². The number of fused-ring (bicyclic) bond motifs is 1. The predicted octanol–water partition coefficient (Wildman–Crippen LogP) is 6.09. The number of benzene rings is 3. The lowest BCUT2D eigenvalue weighted by atomic mass is 10.1. The van der Waals surface area contributed by atoms with Crippen LogP contribution in [0.25, 0.3) is 6.08 Å². The van der Waals surface area contributed by atoms with Crippen LogP contribution in [0.2, 0.25) is 5.02 Å². The van der Waals surface area contributed by atoms with E-state index in [0.717, 1.165) is 11.1 Å². The summed E-state index contributed by atoms with van der Waals surface area (Å²) in [4.78, 5) is 12.5. The maximum Gasteiger partial charge on any atom is 0.231 e. The Kier molecular flexibility index (Phi) is 5.27. The van der Waals surface area contributed by atoms with Crippen LogP contribution in [0, 0.1) is 0 Å². The zero-order valence-electron chi connectivity index (χ0n) is 15.0. The van der Waals surface area contributed by atoms with E-state index >= 15 is 0 Å². The Morgan fingerprint density at radius 2 is 1.75 bits per heavy atom. The van der Waals surface area contributed by atoms with Gasteiger partial charge in [-0.2, -0.15) is 0 Å². The highest BCUT2D eigenvalue weighted by atomic mass is 35.5. The van der Waals surface area contributed by atoms with Crippen LogP contribution < -0.4 is 9.47 Å². The van der Waals surface area contributed by atoms with Crippen molar-refractivity contribution in [1.82, 2.24) is 0 Å². The van der Waals surface area contributed by atoms with E-state index in [4.69, 9.17) is 21.1 Å². The zero-order valence-corrected chi connectivity index (χ0v) is 15.7. The predicted molar refractivity (Wildman–Crippen MR) is 111 cm³/mol. The number of Topliss-reactive ketones (excluding diaryl/α,β-unsaturated/α-hetero) is 1. The highest BCUT2D eigenvalue weighted by molar-refractivity contribution is 6.31. The van der Waals surface area contributed by atoms with Gasteiger partial charge in [0.25, 0.3) is 0 Å². The van der Waals surface area contributed by atoms with Crippen LogP contribution >= 0.6 is 11.6 Å². The lowest BCUT2D eigenvalue weighted by molar-refractivity contribution is 0.101. The molecule has 0 unspecified atom stereocenters. The summed E-state index contributed by atoms with van der Waals surface area (Å²) in [6.07, 6.45) is 5.41. The maximum absolute atomic E-state index is 12.5. The van der Waals surface area contributed by atoms with Crippen molar-refractivity contribution in [2.75, 3.05) is 0 Å². The third-order valence-electron chi connectivity index (χ3n) is 4.33. The molecule has 0 N–H and O–H groups in total. The Bertz CT molecular complexity index is 1070. The molecule has 0 aromatic heterocycles. The number of hydrogen-bond donors (Lipinski definition) is 0. The minimum atomic E-state index is -0.134. The Balaban J connectivity index is 1.46. The molecular weight excluding hydrogens is 372 g/mol. The summed E-state index contributed by atoms with van der Waals surface area (Å²) in [5, 5.41) is 0.658. The van der Waals surface area contributed by atoms with E-state index in [-0.39, 0.29) is 5.78 Å². The molecule has 0 aliphatic carbocycles. The lowest BCUT2D eigenvalue weighted by Gasteiger charge is -2.08. The van der Waals surface area contributed by atoms with Crippen LogP contribution in [0.15, 0.2) is 90.7 Å². The number of rotatable bonds is 5. The van der Waals surface area contributed by atoms with Crippen LogP contribution in [-0.4, -0.2) is 5.78 Å². The third-order valence-corrected chi connectivity index (χ3v) is 4.70. The fourth-order valence-corrected chi connectivity index (χ4v) is 3.05. The summed E-state index contributed by atoms with van der Waals surface area (Å²) < 4.78 is 11.5. The summed E-state index contributed by atoms with van der Waals surface area (Å²) in [6.45, 7) is 0.342. The van der Waals surface area contributed by atoms with E-state index in [1.165, 1.54) is 0 Å². The standard InChI is InChI=1S/C24H17ClO3/c25-21-11-5-4-10-18(21)16-27-19-13-14-20-23(15-19)28-22(24(20)26)12-6-9-17-7-2-1-3-8-17/h1-15H,16H2/b9-6+,22-12+. The Hall–Kier alpha value is -3.30. The summed E-state index contributed by atoms with van der Waals surface area (Å²) in [5.74, 6) is 1.28. The maximum atomic E-state index is 12.5. The average Bonchev–Trinajstić information content (AvgIpc) is 3.03. The quantitative estimate of drug-likeness (QED) is 0.496. The van der Waals surface area contributed by atoms with Crippen LogP contribution in [0.4, 0.5) is 0 Å². The van der Waals surface area contributed by atoms with Gasteiger partial charge in [-0.3, -0.25) is 4.79 Å². The second-order valence-corrected chi connectivity index (χ2v) is 6.68. The SMILES string of the molecule is O=C1/C(=C\C=C\c2ccccc2)Oc2cc(OCc3ccccc3Cl)ccc21. The van der Waals surface area contributed by atoms with Crippen molar-refractivity contribution in [3.8, 4) is 11.5 Å². The molecular formula is C24H17ClO3. The van der Waals surface area contributed by atoms with Gasteiger partial charge < -0.3 is 9.47 Å². The van der Waals surface area contributed by atoms with E-state index < -0.39 is 0 Å². The smallest absolute Gasteiger partial charge is 0.231 e. The lowest BCUT2D eigenvalue weighted by Crippen LogP contribution is -1.97. The monoisotopic (exact) mass is 388 g/mol. The van der Waals surface area contributed by atoms with Crippen molar-refractivity contribution in [2.24, 2.45) is 0 Å². The summed E-state index contributed by atoms with van der Waals surface area (Å²) in [7, 11) is 0. The normalized spacial score (nSPS) is 14.3. The molecule has 0 fully saturated rings. The van der Waals surface area contributed by atoms with E-state index in [1.807, 2.05) is 66.7 Å². The topological polar surface area (TPSA) is 35.5 Å². The molecule has 0 radical (unpaired) electrons. The second kappa shape index (κ2) is 8.15. The van der Waals surface area contributed by atoms with E-state index in [0.29, 0.717) is 34.5 Å². The average molecular weight is 389 g/mol. The van der Waals surface area contributed by atoms with Gasteiger partial charge in [-0.15, -0.1) is 0 Å². The molecule has 4 rings (SSSR count). The molecule has 0 bridgehead atoms. The first-order valence-electron chi connectivity index (χ1n) is 8.87. The molecule has 4 heteroatoms. The van der Waals surface area contributed by atoms with Crippen molar-refractivity contribution >= 4 is 23.5 Å². The highest BCUT2D eigenvalue weighted by Gasteiger charge is 2.27. The Labute approximate surface area is 168 Å². The van der Waals surface area contributed by atoms with Crippen LogP contribution in [-0.2, 0) is 6.61 Å². The molecule has 3 aromatic rings. The van der Waals surface area contributed by atoms with Crippen molar-refractivity contribution in [3.63, 3.8) is 0 Å². The van der Waals surface area contributed by atoms with Gasteiger partial charge >= 0.3 is 0 Å². The van der Waals surface area contributed by atoms with E-state index in [1.54, 1.807) is 24.3 Å². The van der Waals surface area contributed by atoms with Gasteiger partial charge in [-0.05, 0) is 29.8 Å². The first-order valence-corrected chi connectivity index (χ1v) is 9.25. The van der Waals surface area contributed by atoms with E-state index in [2.05, 4.69) is 0 Å².